The Kier molecular flexibility index (Phi) is 9.85. The van der Waals surface area contributed by atoms with Crippen LogP contribution in [0.3, 0.4) is 0 Å². The molecule has 4 heterocycles. The Hall–Kier alpha value is -4.36. The van der Waals surface area contributed by atoms with Gasteiger partial charge in [0.05, 0.1) is 30.4 Å². The number of nitrogens with zero attached hydrogens (tertiary/aromatic N) is 3. The lowest BCUT2D eigenvalue weighted by Crippen LogP contribution is -2.35. The normalized spacial score (nSPS) is 15.3. The van der Waals surface area contributed by atoms with Crippen molar-refractivity contribution in [2.75, 3.05) is 20.2 Å². The molecule has 44 heavy (non-hydrogen) atoms. The second-order valence-corrected chi connectivity index (χ2v) is 11.0. The highest BCUT2D eigenvalue weighted by atomic mass is 35.5. The highest BCUT2D eigenvalue weighted by Crippen LogP contribution is 2.36. The van der Waals surface area contributed by atoms with E-state index in [4.69, 9.17) is 27.1 Å². The predicted octanol–water partition coefficient (Wildman–Crippen LogP) is 1.78. The molecule has 13 heteroatoms. The molecule has 1 saturated heterocycles. The van der Waals surface area contributed by atoms with Gasteiger partial charge in [0, 0.05) is 73.3 Å². The van der Waals surface area contributed by atoms with Crippen molar-refractivity contribution in [2.45, 2.75) is 44.5 Å². The van der Waals surface area contributed by atoms with Crippen LogP contribution in [0.2, 0.25) is 5.02 Å². The van der Waals surface area contributed by atoms with Gasteiger partial charge < -0.3 is 31.5 Å². The van der Waals surface area contributed by atoms with Crippen LogP contribution in [0.1, 0.15) is 30.4 Å². The van der Waals surface area contributed by atoms with Crippen LogP contribution < -0.4 is 32.0 Å². The smallest absolute Gasteiger partial charge is 0.262 e. The fourth-order valence-corrected chi connectivity index (χ4v) is 5.51. The summed E-state index contributed by atoms with van der Waals surface area (Å²) in [7, 11) is 1.57. The first-order valence-corrected chi connectivity index (χ1v) is 14.6. The minimum atomic E-state index is -0.934. The third kappa shape index (κ3) is 7.22. The monoisotopic (exact) mass is 619 g/mol. The first-order chi connectivity index (χ1) is 21.2. The summed E-state index contributed by atoms with van der Waals surface area (Å²) in [4.78, 5) is 44.6. The number of aliphatic hydroxyl groups excluding tert-OH is 1. The number of nitrogens with two attached hydrogens (primary N) is 1. The van der Waals surface area contributed by atoms with E-state index in [1.807, 2.05) is 30.3 Å². The highest BCUT2D eigenvalue weighted by Gasteiger charge is 2.20. The number of hydrogen-bond acceptors (Lipinski definition) is 9. The van der Waals surface area contributed by atoms with Crippen LogP contribution in [0.5, 0.6) is 5.88 Å². The standard InChI is InChI=1S/C31H34ClN7O5/c1-44-30-19(13-34-16-21-6-8-28(42)37-21)5-7-25(38-30)24-4-2-3-23(29(24)32)18-9-10-39-27(11-18)36-15-20(31(39)43)14-35-17-22(40)12-26(33)41/h2-5,7,9-11,15,21-22,34-35,40H,6,8,12-14,16-17H2,1H3,(H2,33,41)(H,37,42)/t21-,22-/m0/s1. The average molecular weight is 620 g/mol. The summed E-state index contributed by atoms with van der Waals surface area (Å²) in [5.74, 6) is -0.0310. The Morgan fingerprint density at radius 1 is 1.18 bits per heavy atom. The van der Waals surface area contributed by atoms with Crippen molar-refractivity contribution in [1.82, 2.24) is 30.3 Å². The van der Waals surface area contributed by atoms with Crippen molar-refractivity contribution in [1.29, 1.82) is 0 Å². The van der Waals surface area contributed by atoms with E-state index in [9.17, 15) is 19.5 Å². The lowest BCUT2D eigenvalue weighted by atomic mass is 10.0. The maximum Gasteiger partial charge on any atom is 0.262 e. The molecule has 230 valence electrons. The molecule has 2 amide bonds. The molecule has 4 aromatic rings. The molecule has 0 aliphatic carbocycles. The number of hydrogen-bond donors (Lipinski definition) is 5. The van der Waals surface area contributed by atoms with Gasteiger partial charge in [-0.1, -0.05) is 35.9 Å². The zero-order valence-corrected chi connectivity index (χ0v) is 24.9. The maximum absolute atomic E-state index is 13.0. The number of rotatable bonds is 13. The van der Waals surface area contributed by atoms with E-state index in [0.29, 0.717) is 47.3 Å². The molecule has 1 aromatic carbocycles. The van der Waals surface area contributed by atoms with Crippen LogP contribution in [0.15, 0.2) is 59.7 Å². The Bertz CT molecular complexity index is 1740. The number of nitrogens with one attached hydrogen (secondary N) is 3. The molecule has 6 N–H and O–H groups in total. The molecule has 0 bridgehead atoms. The van der Waals surface area contributed by atoms with Crippen molar-refractivity contribution in [3.63, 3.8) is 0 Å². The van der Waals surface area contributed by atoms with Crippen molar-refractivity contribution in [2.24, 2.45) is 5.73 Å². The summed E-state index contributed by atoms with van der Waals surface area (Å²) in [5, 5.41) is 19.6. The molecule has 3 aromatic heterocycles. The number of aliphatic hydroxyl groups is 1. The molecule has 0 unspecified atom stereocenters. The predicted molar refractivity (Wildman–Crippen MR) is 166 cm³/mol. The Labute approximate surface area is 258 Å². The zero-order chi connectivity index (χ0) is 31.2. The van der Waals surface area contributed by atoms with Crippen molar-refractivity contribution in [3.05, 3.63) is 81.4 Å². The van der Waals surface area contributed by atoms with Gasteiger partial charge in [-0.2, -0.15) is 0 Å². The van der Waals surface area contributed by atoms with Gasteiger partial charge in [0.2, 0.25) is 17.7 Å². The lowest BCUT2D eigenvalue weighted by molar-refractivity contribution is -0.120. The number of carbonyl (C=O) groups excluding carboxylic acids is 2. The molecule has 1 aliphatic rings. The number of carbonyl (C=O) groups is 2. The zero-order valence-electron chi connectivity index (χ0n) is 24.2. The van der Waals surface area contributed by atoms with Crippen LogP contribution in [-0.2, 0) is 22.7 Å². The number of primary amides is 1. The van der Waals surface area contributed by atoms with E-state index < -0.39 is 12.0 Å². The number of methoxy groups -OCH3 is 1. The largest absolute Gasteiger partial charge is 0.481 e. The number of amides is 2. The lowest BCUT2D eigenvalue weighted by Gasteiger charge is -2.15. The molecule has 0 radical (unpaired) electrons. The summed E-state index contributed by atoms with van der Waals surface area (Å²) >= 11 is 6.93. The molecular weight excluding hydrogens is 586 g/mol. The van der Waals surface area contributed by atoms with Gasteiger partial charge in [-0.05, 0) is 30.2 Å². The topological polar surface area (TPSA) is 173 Å². The van der Waals surface area contributed by atoms with Gasteiger partial charge in [0.25, 0.3) is 5.56 Å². The van der Waals surface area contributed by atoms with Gasteiger partial charge in [-0.25, -0.2) is 9.97 Å². The van der Waals surface area contributed by atoms with E-state index in [1.54, 1.807) is 25.4 Å². The Balaban J connectivity index is 1.32. The molecule has 1 aliphatic heterocycles. The van der Waals surface area contributed by atoms with E-state index in [1.165, 1.54) is 10.6 Å². The Morgan fingerprint density at radius 2 is 1.98 bits per heavy atom. The summed E-state index contributed by atoms with van der Waals surface area (Å²) < 4.78 is 7.02. The number of halogens is 1. The van der Waals surface area contributed by atoms with E-state index in [-0.39, 0.29) is 37.0 Å². The SMILES string of the molecule is COc1nc(-c2cccc(-c3ccn4c(=O)c(CNC[C@@H](O)CC(N)=O)cnc4c3)c2Cl)ccc1CNC[C@@H]1CCC(=O)N1. The minimum Gasteiger partial charge on any atom is -0.481 e. The van der Waals surface area contributed by atoms with Crippen LogP contribution in [-0.4, -0.2) is 63.6 Å². The minimum absolute atomic E-state index is 0.0868. The molecule has 5 rings (SSSR count). The second-order valence-electron chi connectivity index (χ2n) is 10.7. The number of aromatic nitrogens is 3. The van der Waals surface area contributed by atoms with Crippen LogP contribution in [0, 0.1) is 0 Å². The van der Waals surface area contributed by atoms with E-state index in [0.717, 1.165) is 28.7 Å². The van der Waals surface area contributed by atoms with Crippen molar-refractivity contribution < 1.29 is 19.4 Å². The second kappa shape index (κ2) is 14.0. The first-order valence-electron chi connectivity index (χ1n) is 14.2. The third-order valence-electron chi connectivity index (χ3n) is 7.42. The molecule has 2 atom stereocenters. The summed E-state index contributed by atoms with van der Waals surface area (Å²) in [5.41, 5.74) is 9.48. The maximum atomic E-state index is 13.0. The molecule has 12 nitrogen and oxygen atoms in total. The van der Waals surface area contributed by atoms with Gasteiger partial charge in [-0.3, -0.25) is 18.8 Å². The van der Waals surface area contributed by atoms with Gasteiger partial charge >= 0.3 is 0 Å². The molecule has 1 fully saturated rings. The van der Waals surface area contributed by atoms with Gasteiger partial charge in [-0.15, -0.1) is 0 Å². The number of fused-ring (bicyclic) bond motifs is 1. The van der Waals surface area contributed by atoms with E-state index >= 15 is 0 Å². The summed E-state index contributed by atoms with van der Waals surface area (Å²) in [6.45, 7) is 1.48. The summed E-state index contributed by atoms with van der Waals surface area (Å²) in [6.07, 6.45) is 3.43. The number of benzene rings is 1. The number of pyridine rings is 2. The Morgan fingerprint density at radius 3 is 2.73 bits per heavy atom. The molecule has 0 saturated carbocycles. The van der Waals surface area contributed by atoms with Crippen LogP contribution in [0.25, 0.3) is 28.0 Å². The quantitative estimate of drug-likeness (QED) is 0.149. The number of ether oxygens (including phenoxy) is 1. The van der Waals surface area contributed by atoms with Crippen molar-refractivity contribution >= 4 is 29.1 Å². The van der Waals surface area contributed by atoms with E-state index in [2.05, 4.69) is 20.9 Å². The average Bonchev–Trinajstić information content (AvgIpc) is 3.42. The van der Waals surface area contributed by atoms with Gasteiger partial charge in [0.15, 0.2) is 0 Å². The fourth-order valence-electron chi connectivity index (χ4n) is 5.17. The molecule has 0 spiro atoms. The van der Waals surface area contributed by atoms with Crippen LogP contribution >= 0.6 is 11.6 Å². The van der Waals surface area contributed by atoms with Crippen LogP contribution in [0.4, 0.5) is 0 Å². The molecular formula is C31H34ClN7O5. The van der Waals surface area contributed by atoms with Crippen molar-refractivity contribution in [3.8, 4) is 28.3 Å². The van der Waals surface area contributed by atoms with Gasteiger partial charge in [0.1, 0.15) is 5.65 Å². The first kappa shape index (κ1) is 31.1. The summed E-state index contributed by atoms with van der Waals surface area (Å²) in [6, 6.07) is 13.2. The highest BCUT2D eigenvalue weighted by molar-refractivity contribution is 6.36. The fraction of sp³-hybridized carbons (Fsp3) is 0.323. The third-order valence-corrected chi connectivity index (χ3v) is 7.83.